The van der Waals surface area contributed by atoms with Crippen LogP contribution in [0.25, 0.3) is 0 Å². The average molecular weight is 518 g/mol. The minimum atomic E-state index is -3.63. The molecule has 9 heteroatoms. The van der Waals surface area contributed by atoms with Crippen molar-refractivity contribution in [1.82, 2.24) is 0 Å². The summed E-state index contributed by atoms with van der Waals surface area (Å²) < 4.78 is 35.3. The maximum absolute atomic E-state index is 12.9. The molecule has 1 aliphatic heterocycles. The average Bonchev–Trinajstić information content (AvgIpc) is 3.04. The molecule has 0 saturated heterocycles. The number of benzene rings is 2. The number of hydrogen-bond acceptors (Lipinski definition) is 4. The van der Waals surface area contributed by atoms with E-state index < -0.39 is 6.29 Å². The van der Waals surface area contributed by atoms with E-state index in [1.54, 1.807) is 18.4 Å². The standard InChI is InChI=1S/C14H14F2NO3.C8H5BrO.K/c15-14(16)19-11-7-6-10(8-12(11)20-14)17-13(18)9-4-2-1-3-5-9;1-6-7(5-10)3-2-4-8(6)9;/h1,6-9H,2-5H2,(H,17,18);2-4H,1H2;/q-1;-2;+1. The summed E-state index contributed by atoms with van der Waals surface area (Å²) in [5.41, 5.74) is 1.64. The summed E-state index contributed by atoms with van der Waals surface area (Å²) in [7, 11) is 0. The van der Waals surface area contributed by atoms with Crippen molar-refractivity contribution < 1.29 is 79.2 Å². The Balaban J connectivity index is 0.000000264. The molecule has 0 unspecified atom stereocenters. The number of carbonyl (C=O) groups is 1. The van der Waals surface area contributed by atoms with Gasteiger partial charge in [0.2, 0.25) is 5.91 Å². The summed E-state index contributed by atoms with van der Waals surface area (Å²) in [6, 6.07) is 9.53. The molecule has 1 N–H and O–H groups in total. The van der Waals surface area contributed by atoms with Crippen LogP contribution in [-0.2, 0) is 9.59 Å². The largest absolute Gasteiger partial charge is 1.00 e. The first-order valence-electron chi connectivity index (χ1n) is 9.30. The van der Waals surface area contributed by atoms with Gasteiger partial charge in [0.05, 0.1) is 0 Å². The SMILES string of the molecule is O=C(Nc1ccc2c(c1)OC(F)(F)O2)C1CC[CH-]CC1.[CH2-]c1c(Br)cccc1[C-]=O.[K+]. The molecule has 5 nitrogen and oxygen atoms in total. The number of hydrogen-bond donors (Lipinski definition) is 1. The van der Waals surface area contributed by atoms with Crippen LogP contribution in [-0.4, -0.2) is 18.5 Å². The van der Waals surface area contributed by atoms with E-state index in [9.17, 15) is 18.4 Å². The predicted octanol–water partition coefficient (Wildman–Crippen LogP) is 2.43. The van der Waals surface area contributed by atoms with Gasteiger partial charge < -0.3 is 26.0 Å². The minimum absolute atomic E-state index is 0. The number of alkyl halides is 2. The third-order valence-electron chi connectivity index (χ3n) is 4.71. The van der Waals surface area contributed by atoms with Gasteiger partial charge in [0.25, 0.3) is 0 Å². The van der Waals surface area contributed by atoms with E-state index >= 15 is 0 Å². The Hall–Kier alpha value is -0.974. The molecule has 0 atom stereocenters. The Kier molecular flexibility index (Phi) is 9.97. The molecule has 0 spiro atoms. The molecular formula is C22H19BrF2KNO4-2. The first-order valence-corrected chi connectivity index (χ1v) is 10.1. The van der Waals surface area contributed by atoms with Crippen LogP contribution in [0.4, 0.5) is 14.5 Å². The maximum Gasteiger partial charge on any atom is 1.00 e. The van der Waals surface area contributed by atoms with Crippen LogP contribution in [0.1, 0.15) is 36.8 Å². The molecule has 2 aromatic rings. The summed E-state index contributed by atoms with van der Waals surface area (Å²) in [6.07, 6.45) is 3.86. The molecule has 0 bridgehead atoms. The number of ether oxygens (including phenoxy) is 2. The second kappa shape index (κ2) is 11.8. The van der Waals surface area contributed by atoms with Gasteiger partial charge >= 0.3 is 57.7 Å². The molecule has 0 aromatic heterocycles. The molecule has 1 amide bonds. The molecular weight excluding hydrogens is 499 g/mol. The van der Waals surface area contributed by atoms with Crippen LogP contribution in [0, 0.1) is 19.3 Å². The van der Waals surface area contributed by atoms with Crippen LogP contribution in [0.3, 0.4) is 0 Å². The van der Waals surface area contributed by atoms with Gasteiger partial charge in [-0.3, -0.25) is 22.8 Å². The zero-order valence-electron chi connectivity index (χ0n) is 16.9. The molecule has 2 aliphatic rings. The predicted molar refractivity (Wildman–Crippen MR) is 111 cm³/mol. The van der Waals surface area contributed by atoms with Gasteiger partial charge in [0.1, 0.15) is 0 Å². The fourth-order valence-electron chi connectivity index (χ4n) is 3.11. The summed E-state index contributed by atoms with van der Waals surface area (Å²) >= 11 is 3.25. The molecule has 4 rings (SSSR count). The van der Waals surface area contributed by atoms with Crippen molar-refractivity contribution >= 4 is 33.8 Å². The van der Waals surface area contributed by atoms with E-state index in [2.05, 4.69) is 44.1 Å². The summed E-state index contributed by atoms with van der Waals surface area (Å²) in [4.78, 5) is 22.2. The molecule has 1 saturated carbocycles. The zero-order chi connectivity index (χ0) is 21.7. The van der Waals surface area contributed by atoms with Gasteiger partial charge in [-0.15, -0.1) is 41.3 Å². The monoisotopic (exact) mass is 517 g/mol. The summed E-state index contributed by atoms with van der Waals surface area (Å²) in [5.74, 6) is -0.194. The van der Waals surface area contributed by atoms with Crippen molar-refractivity contribution in [1.29, 1.82) is 0 Å². The van der Waals surface area contributed by atoms with Crippen molar-refractivity contribution in [2.75, 3.05) is 5.32 Å². The number of halogens is 3. The molecule has 31 heavy (non-hydrogen) atoms. The van der Waals surface area contributed by atoms with E-state index in [1.807, 2.05) is 6.07 Å². The first-order chi connectivity index (χ1) is 14.3. The van der Waals surface area contributed by atoms with Gasteiger partial charge in [0.15, 0.2) is 11.5 Å². The van der Waals surface area contributed by atoms with Crippen LogP contribution < -0.4 is 66.2 Å². The Morgan fingerprint density at radius 3 is 2.52 bits per heavy atom. The topological polar surface area (TPSA) is 64.6 Å². The number of fused-ring (bicyclic) bond motifs is 1. The number of nitrogens with one attached hydrogen (secondary N) is 1. The van der Waals surface area contributed by atoms with Crippen molar-refractivity contribution in [3.05, 3.63) is 65.3 Å². The Bertz CT molecular complexity index is 936. The fourth-order valence-corrected chi connectivity index (χ4v) is 3.48. The molecule has 2 aromatic carbocycles. The molecule has 160 valence electrons. The van der Waals surface area contributed by atoms with Gasteiger partial charge in [-0.25, -0.2) is 6.07 Å². The number of anilines is 1. The minimum Gasteiger partial charge on any atom is -0.395 e. The third-order valence-corrected chi connectivity index (χ3v) is 5.45. The molecule has 1 heterocycles. The Morgan fingerprint density at radius 2 is 1.87 bits per heavy atom. The van der Waals surface area contributed by atoms with E-state index in [0.717, 1.165) is 30.2 Å². The van der Waals surface area contributed by atoms with Crippen LogP contribution in [0.5, 0.6) is 11.5 Å². The Labute approximate surface area is 230 Å². The smallest absolute Gasteiger partial charge is 0.395 e. The van der Waals surface area contributed by atoms with E-state index in [-0.39, 0.29) is 74.7 Å². The summed E-state index contributed by atoms with van der Waals surface area (Å²) in [6.45, 7) is 3.68. The quantitative estimate of drug-likeness (QED) is 0.501. The molecule has 0 radical (unpaired) electrons. The third kappa shape index (κ3) is 7.26. The zero-order valence-corrected chi connectivity index (χ0v) is 21.6. The number of amides is 1. The van der Waals surface area contributed by atoms with Crippen LogP contribution in [0.15, 0.2) is 40.9 Å². The van der Waals surface area contributed by atoms with E-state index in [1.165, 1.54) is 18.2 Å². The summed E-state index contributed by atoms with van der Waals surface area (Å²) in [5, 5.41) is 2.74. The number of carbonyl (C=O) groups excluding carboxylic acids is 2. The van der Waals surface area contributed by atoms with Gasteiger partial charge in [0, 0.05) is 17.7 Å². The van der Waals surface area contributed by atoms with Crippen LogP contribution >= 0.6 is 15.9 Å². The normalized spacial score (nSPS) is 16.4. The molecule has 1 aliphatic carbocycles. The van der Waals surface area contributed by atoms with Crippen molar-refractivity contribution in [3.63, 3.8) is 0 Å². The maximum atomic E-state index is 12.9. The van der Waals surface area contributed by atoms with Crippen molar-refractivity contribution in [2.24, 2.45) is 5.92 Å². The molecule has 1 fully saturated rings. The fraction of sp³-hybridized carbons (Fsp3) is 0.273. The van der Waals surface area contributed by atoms with Crippen molar-refractivity contribution in [2.45, 2.75) is 32.0 Å². The van der Waals surface area contributed by atoms with E-state index in [0.29, 0.717) is 16.8 Å². The van der Waals surface area contributed by atoms with E-state index in [4.69, 9.17) is 0 Å². The second-order valence-corrected chi connectivity index (χ2v) is 7.68. The van der Waals surface area contributed by atoms with Crippen LogP contribution in [0.2, 0.25) is 0 Å². The first kappa shape index (κ1) is 26.3. The van der Waals surface area contributed by atoms with Gasteiger partial charge in [-0.2, -0.15) is 12.8 Å². The van der Waals surface area contributed by atoms with Crippen molar-refractivity contribution in [3.8, 4) is 11.5 Å². The second-order valence-electron chi connectivity index (χ2n) is 6.83. The number of rotatable bonds is 3. The van der Waals surface area contributed by atoms with Gasteiger partial charge in [-0.05, 0) is 18.4 Å². The Morgan fingerprint density at radius 1 is 1.19 bits per heavy atom. The van der Waals surface area contributed by atoms with Gasteiger partial charge in [-0.1, -0.05) is 12.8 Å².